The molecule has 0 radical (unpaired) electrons. The molecule has 8 nitrogen and oxygen atoms in total. The molecular weight excluding hydrogens is 782 g/mol. The van der Waals surface area contributed by atoms with Gasteiger partial charge in [-0.2, -0.15) is 0 Å². The molecule has 9 heteroatoms. The van der Waals surface area contributed by atoms with Crippen molar-refractivity contribution in [3.8, 4) is 0 Å². The maximum atomic E-state index is 12.7. The standard InChI is InChI=1S/C52H102NO7P/c1-6-8-10-12-14-16-18-20-22-23-24-25-26-27-28-29-30-32-34-36-38-40-42-44-47-57-49-51(50-59-61(55,56)58-48-46-53(3,4)5)60-52(54)45-43-41-39-37-35-33-31-21-19-17-15-13-11-9-7-2/h21,23-24,31,51H,6-20,22,25-30,32-50H2,1-5H3/b24-23-,31-21-. The molecule has 362 valence electrons. The van der Waals surface area contributed by atoms with E-state index in [4.69, 9.17) is 18.5 Å². The summed E-state index contributed by atoms with van der Waals surface area (Å²) in [5.41, 5.74) is 0. The van der Waals surface area contributed by atoms with Crippen LogP contribution in [0.3, 0.4) is 0 Å². The summed E-state index contributed by atoms with van der Waals surface area (Å²) in [6.07, 6.45) is 53.5. The second-order valence-electron chi connectivity index (χ2n) is 18.9. The van der Waals surface area contributed by atoms with Gasteiger partial charge in [-0.15, -0.1) is 0 Å². The van der Waals surface area contributed by atoms with Crippen LogP contribution in [0.2, 0.25) is 0 Å². The van der Waals surface area contributed by atoms with E-state index in [9.17, 15) is 14.3 Å². The molecule has 0 saturated carbocycles. The van der Waals surface area contributed by atoms with Crippen LogP contribution in [0.1, 0.15) is 245 Å². The van der Waals surface area contributed by atoms with Crippen molar-refractivity contribution >= 4 is 13.8 Å². The molecule has 0 amide bonds. The number of phosphoric acid groups is 1. The van der Waals surface area contributed by atoms with E-state index < -0.39 is 13.9 Å². The summed E-state index contributed by atoms with van der Waals surface area (Å²) in [6, 6.07) is 0. The summed E-state index contributed by atoms with van der Waals surface area (Å²) in [6.45, 7) is 5.44. The second kappa shape index (κ2) is 45.5. The minimum absolute atomic E-state index is 0.0262. The van der Waals surface area contributed by atoms with Crippen LogP contribution < -0.4 is 4.89 Å². The molecule has 0 aliphatic rings. The number of nitrogens with zero attached hydrogens (tertiary/aromatic N) is 1. The van der Waals surface area contributed by atoms with E-state index in [0.29, 0.717) is 24.1 Å². The molecule has 0 saturated heterocycles. The smallest absolute Gasteiger partial charge is 0.306 e. The van der Waals surface area contributed by atoms with Gasteiger partial charge in [0, 0.05) is 13.0 Å². The molecule has 0 aliphatic carbocycles. The first-order valence-electron chi connectivity index (χ1n) is 26.1. The highest BCUT2D eigenvalue weighted by Gasteiger charge is 2.20. The molecule has 0 fully saturated rings. The Morgan fingerprint density at radius 1 is 0.492 bits per heavy atom. The van der Waals surface area contributed by atoms with Crippen LogP contribution in [0.25, 0.3) is 0 Å². The Kier molecular flexibility index (Phi) is 44.8. The van der Waals surface area contributed by atoms with E-state index in [-0.39, 0.29) is 25.8 Å². The fourth-order valence-electron chi connectivity index (χ4n) is 7.42. The Labute approximate surface area is 379 Å². The average molecular weight is 884 g/mol. The summed E-state index contributed by atoms with van der Waals surface area (Å²) in [5, 5.41) is 0. The van der Waals surface area contributed by atoms with Crippen molar-refractivity contribution < 1.29 is 37.3 Å². The molecule has 0 heterocycles. The number of hydrogen-bond acceptors (Lipinski definition) is 7. The van der Waals surface area contributed by atoms with Crippen molar-refractivity contribution in [2.75, 3.05) is 54.1 Å². The van der Waals surface area contributed by atoms with Gasteiger partial charge in [0.2, 0.25) is 0 Å². The van der Waals surface area contributed by atoms with Gasteiger partial charge in [0.25, 0.3) is 7.82 Å². The van der Waals surface area contributed by atoms with Crippen molar-refractivity contribution in [3.63, 3.8) is 0 Å². The number of carbonyl (C=O) groups excluding carboxylic acids is 1. The number of phosphoric ester groups is 1. The number of quaternary nitrogens is 1. The molecule has 2 unspecified atom stereocenters. The fraction of sp³-hybridized carbons (Fsp3) is 0.904. The van der Waals surface area contributed by atoms with E-state index in [1.807, 2.05) is 21.1 Å². The second-order valence-corrected chi connectivity index (χ2v) is 20.3. The first-order valence-corrected chi connectivity index (χ1v) is 27.5. The minimum Gasteiger partial charge on any atom is -0.756 e. The van der Waals surface area contributed by atoms with Gasteiger partial charge in [0.15, 0.2) is 0 Å². The zero-order valence-electron chi connectivity index (χ0n) is 41.1. The average Bonchev–Trinajstić information content (AvgIpc) is 3.22. The maximum Gasteiger partial charge on any atom is 0.306 e. The zero-order chi connectivity index (χ0) is 44.8. The number of allylic oxidation sites excluding steroid dienone is 4. The normalized spacial score (nSPS) is 13.7. The number of carbonyl (C=O) groups is 1. The molecule has 0 rings (SSSR count). The number of unbranched alkanes of at least 4 members (excludes halogenated alkanes) is 31. The molecular formula is C52H102NO7P. The monoisotopic (exact) mass is 884 g/mol. The molecule has 0 aromatic rings. The molecule has 61 heavy (non-hydrogen) atoms. The van der Waals surface area contributed by atoms with Gasteiger partial charge in [0.05, 0.1) is 34.4 Å². The van der Waals surface area contributed by atoms with E-state index in [1.165, 1.54) is 180 Å². The molecule has 0 spiro atoms. The van der Waals surface area contributed by atoms with Crippen molar-refractivity contribution in [3.05, 3.63) is 24.3 Å². The van der Waals surface area contributed by atoms with Crippen LogP contribution in [0.5, 0.6) is 0 Å². The topological polar surface area (TPSA) is 94.1 Å². The zero-order valence-corrected chi connectivity index (χ0v) is 42.0. The fourth-order valence-corrected chi connectivity index (χ4v) is 8.15. The van der Waals surface area contributed by atoms with Gasteiger partial charge in [-0.1, -0.05) is 199 Å². The van der Waals surface area contributed by atoms with Crippen LogP contribution >= 0.6 is 7.82 Å². The van der Waals surface area contributed by atoms with Crippen LogP contribution in [0.15, 0.2) is 24.3 Å². The third kappa shape index (κ3) is 49.8. The lowest BCUT2D eigenvalue weighted by atomic mass is 10.0. The number of esters is 1. The van der Waals surface area contributed by atoms with Crippen LogP contribution in [0.4, 0.5) is 0 Å². The lowest BCUT2D eigenvalue weighted by molar-refractivity contribution is -0.870. The van der Waals surface area contributed by atoms with Gasteiger partial charge in [-0.25, -0.2) is 0 Å². The molecule has 0 aliphatic heterocycles. The molecule has 0 aromatic carbocycles. The minimum atomic E-state index is -4.53. The third-order valence-electron chi connectivity index (χ3n) is 11.5. The first-order chi connectivity index (χ1) is 29.6. The highest BCUT2D eigenvalue weighted by Crippen LogP contribution is 2.38. The van der Waals surface area contributed by atoms with Crippen molar-refractivity contribution in [1.29, 1.82) is 0 Å². The molecule has 0 N–H and O–H groups in total. The predicted octanol–water partition coefficient (Wildman–Crippen LogP) is 15.3. The first kappa shape index (κ1) is 60.0. The van der Waals surface area contributed by atoms with Crippen molar-refractivity contribution in [2.45, 2.75) is 251 Å². The lowest BCUT2D eigenvalue weighted by Crippen LogP contribution is -2.37. The number of rotatable bonds is 49. The van der Waals surface area contributed by atoms with Gasteiger partial charge in [-0.3, -0.25) is 9.36 Å². The quantitative estimate of drug-likeness (QED) is 0.0197. The summed E-state index contributed by atoms with van der Waals surface area (Å²) in [4.78, 5) is 25.1. The summed E-state index contributed by atoms with van der Waals surface area (Å²) in [7, 11) is 1.36. The Hall–Kier alpha value is -1.02. The lowest BCUT2D eigenvalue weighted by Gasteiger charge is -2.28. The van der Waals surface area contributed by atoms with Crippen LogP contribution in [0, 0.1) is 0 Å². The Balaban J connectivity index is 4.07. The number of hydrogen-bond donors (Lipinski definition) is 0. The van der Waals surface area contributed by atoms with Crippen LogP contribution in [-0.4, -0.2) is 70.7 Å². The van der Waals surface area contributed by atoms with E-state index >= 15 is 0 Å². The molecule has 0 bridgehead atoms. The summed E-state index contributed by atoms with van der Waals surface area (Å²) in [5.74, 6) is -0.339. The van der Waals surface area contributed by atoms with Crippen molar-refractivity contribution in [2.24, 2.45) is 0 Å². The van der Waals surface area contributed by atoms with E-state index in [0.717, 1.165) is 44.9 Å². The highest BCUT2D eigenvalue weighted by molar-refractivity contribution is 7.45. The summed E-state index contributed by atoms with van der Waals surface area (Å²) < 4.78 is 34.7. The summed E-state index contributed by atoms with van der Waals surface area (Å²) >= 11 is 0. The largest absolute Gasteiger partial charge is 0.756 e. The molecule has 0 aromatic heterocycles. The Bertz CT molecular complexity index is 1030. The van der Waals surface area contributed by atoms with Gasteiger partial charge >= 0.3 is 5.97 Å². The SMILES string of the molecule is CCCCCCCC/C=C\CCCCCCCC(=O)OC(COCCCCCCCCCCCCCC/C=C\CCCCCCCCCC)COP(=O)([O-])OCC[N+](C)(C)C. The number of ether oxygens (including phenoxy) is 2. The predicted molar refractivity (Wildman–Crippen MR) is 259 cm³/mol. The molecule has 2 atom stereocenters. The van der Waals surface area contributed by atoms with E-state index in [1.54, 1.807) is 0 Å². The van der Waals surface area contributed by atoms with Crippen LogP contribution in [-0.2, 0) is 27.9 Å². The van der Waals surface area contributed by atoms with Crippen molar-refractivity contribution in [1.82, 2.24) is 0 Å². The highest BCUT2D eigenvalue weighted by atomic mass is 31.2. The van der Waals surface area contributed by atoms with Gasteiger partial charge in [-0.05, 0) is 64.2 Å². The number of likely N-dealkylation sites (N-methyl/N-ethyl adjacent to an activating group) is 1. The van der Waals surface area contributed by atoms with Gasteiger partial charge < -0.3 is 27.9 Å². The van der Waals surface area contributed by atoms with Gasteiger partial charge in [0.1, 0.15) is 19.3 Å². The third-order valence-corrected chi connectivity index (χ3v) is 12.4. The van der Waals surface area contributed by atoms with E-state index in [2.05, 4.69) is 38.2 Å². The maximum absolute atomic E-state index is 12.7. The Morgan fingerprint density at radius 2 is 0.852 bits per heavy atom. The Morgan fingerprint density at radius 3 is 1.25 bits per heavy atom.